The summed E-state index contributed by atoms with van der Waals surface area (Å²) in [5, 5.41) is 5.81. The second-order valence-corrected chi connectivity index (χ2v) is 7.06. The molecule has 26 heavy (non-hydrogen) atoms. The van der Waals surface area contributed by atoms with Crippen LogP contribution in [0.1, 0.15) is 11.1 Å². The van der Waals surface area contributed by atoms with E-state index in [4.69, 9.17) is 0 Å². The van der Waals surface area contributed by atoms with Gasteiger partial charge in [0.1, 0.15) is 0 Å². The number of anilines is 2. The molecule has 0 aromatic heterocycles. The summed E-state index contributed by atoms with van der Waals surface area (Å²) < 4.78 is 0. The molecule has 0 atom stereocenters. The molecule has 2 N–H and O–H groups in total. The van der Waals surface area contributed by atoms with Crippen molar-refractivity contribution in [2.24, 2.45) is 0 Å². The number of amides is 2. The molecule has 0 unspecified atom stereocenters. The van der Waals surface area contributed by atoms with Crippen LogP contribution in [0.25, 0.3) is 0 Å². The highest BCUT2D eigenvalue weighted by atomic mass is 32.2. The van der Waals surface area contributed by atoms with Gasteiger partial charge in [-0.1, -0.05) is 24.3 Å². The van der Waals surface area contributed by atoms with Gasteiger partial charge >= 0.3 is 0 Å². The van der Waals surface area contributed by atoms with Crippen LogP contribution >= 0.6 is 11.8 Å². The van der Waals surface area contributed by atoms with Crippen LogP contribution in [0.15, 0.2) is 47.4 Å². The van der Waals surface area contributed by atoms with Gasteiger partial charge in [0, 0.05) is 10.6 Å². The molecule has 0 spiro atoms. The molecule has 2 aromatic rings. The average Bonchev–Trinajstić information content (AvgIpc) is 2.59. The SMILES string of the molecule is CSc1ccccc1NC(=O)CN(C)CC(=O)Nc1cccc(C)c1C. The zero-order chi connectivity index (χ0) is 19.1. The monoisotopic (exact) mass is 371 g/mol. The number of nitrogens with zero attached hydrogens (tertiary/aromatic N) is 1. The summed E-state index contributed by atoms with van der Waals surface area (Å²) in [5.41, 5.74) is 3.78. The van der Waals surface area contributed by atoms with Crippen LogP contribution in [0.5, 0.6) is 0 Å². The first kappa shape index (κ1) is 20.0. The Morgan fingerprint density at radius 2 is 1.50 bits per heavy atom. The summed E-state index contributed by atoms with van der Waals surface area (Å²) in [6, 6.07) is 13.5. The molecule has 0 heterocycles. The van der Waals surface area contributed by atoms with Gasteiger partial charge in [0.2, 0.25) is 11.8 Å². The minimum absolute atomic E-state index is 0.140. The first-order chi connectivity index (χ1) is 12.4. The van der Waals surface area contributed by atoms with E-state index >= 15 is 0 Å². The highest BCUT2D eigenvalue weighted by Crippen LogP contribution is 2.24. The summed E-state index contributed by atoms with van der Waals surface area (Å²) in [4.78, 5) is 27.2. The first-order valence-electron chi connectivity index (χ1n) is 8.38. The normalized spacial score (nSPS) is 10.7. The number of benzene rings is 2. The average molecular weight is 372 g/mol. The summed E-state index contributed by atoms with van der Waals surface area (Å²) in [5.74, 6) is -0.285. The van der Waals surface area contributed by atoms with Crippen molar-refractivity contribution >= 4 is 35.0 Å². The van der Waals surface area contributed by atoms with E-state index in [1.54, 1.807) is 23.7 Å². The van der Waals surface area contributed by atoms with Crippen molar-refractivity contribution in [1.29, 1.82) is 0 Å². The van der Waals surface area contributed by atoms with Crippen LogP contribution in [-0.2, 0) is 9.59 Å². The lowest BCUT2D eigenvalue weighted by Crippen LogP contribution is -2.36. The molecule has 2 aromatic carbocycles. The molecule has 138 valence electrons. The zero-order valence-electron chi connectivity index (χ0n) is 15.6. The predicted molar refractivity (Wildman–Crippen MR) is 109 cm³/mol. The minimum atomic E-state index is -0.145. The molecule has 0 aliphatic rings. The van der Waals surface area contributed by atoms with E-state index in [1.807, 2.05) is 62.6 Å². The van der Waals surface area contributed by atoms with Gasteiger partial charge in [-0.25, -0.2) is 0 Å². The van der Waals surface area contributed by atoms with Crippen LogP contribution in [0.2, 0.25) is 0 Å². The smallest absolute Gasteiger partial charge is 0.238 e. The second kappa shape index (κ2) is 9.40. The third kappa shape index (κ3) is 5.61. The number of carbonyl (C=O) groups is 2. The van der Waals surface area contributed by atoms with Crippen molar-refractivity contribution in [3.8, 4) is 0 Å². The van der Waals surface area contributed by atoms with Gasteiger partial charge in [0.05, 0.1) is 18.8 Å². The van der Waals surface area contributed by atoms with E-state index in [1.165, 1.54) is 0 Å². The van der Waals surface area contributed by atoms with Gasteiger partial charge < -0.3 is 10.6 Å². The Labute approximate surface area is 159 Å². The Hall–Kier alpha value is -2.31. The topological polar surface area (TPSA) is 61.4 Å². The summed E-state index contributed by atoms with van der Waals surface area (Å²) in [6.45, 7) is 4.27. The summed E-state index contributed by atoms with van der Waals surface area (Å²) in [7, 11) is 1.75. The van der Waals surface area contributed by atoms with Gasteiger partial charge in [-0.05, 0) is 56.5 Å². The molecule has 0 bridgehead atoms. The summed E-state index contributed by atoms with van der Waals surface area (Å²) >= 11 is 1.58. The van der Waals surface area contributed by atoms with Gasteiger partial charge in [-0.3, -0.25) is 14.5 Å². The molecule has 0 radical (unpaired) electrons. The molecule has 0 aliphatic carbocycles. The van der Waals surface area contributed by atoms with Crippen molar-refractivity contribution in [3.63, 3.8) is 0 Å². The lowest BCUT2D eigenvalue weighted by molar-refractivity contribution is -0.119. The second-order valence-electron chi connectivity index (χ2n) is 6.22. The maximum Gasteiger partial charge on any atom is 0.238 e. The van der Waals surface area contributed by atoms with Crippen molar-refractivity contribution < 1.29 is 9.59 Å². The number of thioether (sulfide) groups is 1. The quantitative estimate of drug-likeness (QED) is 0.731. The van der Waals surface area contributed by atoms with Crippen LogP contribution in [-0.4, -0.2) is 43.1 Å². The maximum atomic E-state index is 12.2. The van der Waals surface area contributed by atoms with E-state index in [2.05, 4.69) is 10.6 Å². The van der Waals surface area contributed by atoms with E-state index in [0.29, 0.717) is 0 Å². The molecular formula is C20H25N3O2S. The fourth-order valence-electron chi connectivity index (χ4n) is 2.56. The van der Waals surface area contributed by atoms with E-state index in [9.17, 15) is 9.59 Å². The van der Waals surface area contributed by atoms with E-state index < -0.39 is 0 Å². The number of nitrogens with one attached hydrogen (secondary N) is 2. The third-order valence-electron chi connectivity index (χ3n) is 4.09. The standard InChI is InChI=1S/C20H25N3O2S/c1-14-8-7-10-16(15(14)2)21-19(24)12-23(3)13-20(25)22-17-9-5-6-11-18(17)26-4/h5-11H,12-13H2,1-4H3,(H,21,24)(H,22,25). The lowest BCUT2D eigenvalue weighted by atomic mass is 10.1. The number of rotatable bonds is 7. The molecule has 5 nitrogen and oxygen atoms in total. The summed E-state index contributed by atoms with van der Waals surface area (Å²) in [6.07, 6.45) is 1.97. The van der Waals surface area contributed by atoms with E-state index in [0.717, 1.165) is 27.4 Å². The lowest BCUT2D eigenvalue weighted by Gasteiger charge is -2.17. The maximum absolute atomic E-state index is 12.2. The molecule has 0 aliphatic heterocycles. The number of aryl methyl sites for hydroxylation is 1. The molecular weight excluding hydrogens is 346 g/mol. The number of carbonyl (C=O) groups excluding carboxylic acids is 2. The minimum Gasteiger partial charge on any atom is -0.325 e. The fourth-order valence-corrected chi connectivity index (χ4v) is 3.11. The van der Waals surface area contributed by atoms with Crippen LogP contribution in [0.3, 0.4) is 0 Å². The van der Waals surface area contributed by atoms with E-state index in [-0.39, 0.29) is 24.9 Å². The Morgan fingerprint density at radius 1 is 0.923 bits per heavy atom. The first-order valence-corrected chi connectivity index (χ1v) is 9.60. The predicted octanol–water partition coefficient (Wildman–Crippen LogP) is 3.53. The van der Waals surface area contributed by atoms with Crippen molar-refractivity contribution in [2.45, 2.75) is 18.7 Å². The van der Waals surface area contributed by atoms with Crippen LogP contribution in [0.4, 0.5) is 11.4 Å². The Kier molecular flexibility index (Phi) is 7.24. The highest BCUT2D eigenvalue weighted by Gasteiger charge is 2.13. The Morgan fingerprint density at radius 3 is 2.15 bits per heavy atom. The Balaban J connectivity index is 1.87. The van der Waals surface area contributed by atoms with Crippen molar-refractivity contribution in [2.75, 3.05) is 37.0 Å². The van der Waals surface area contributed by atoms with Crippen LogP contribution in [0, 0.1) is 13.8 Å². The molecule has 6 heteroatoms. The molecule has 0 saturated heterocycles. The largest absolute Gasteiger partial charge is 0.325 e. The molecule has 0 saturated carbocycles. The number of hydrogen-bond acceptors (Lipinski definition) is 4. The third-order valence-corrected chi connectivity index (χ3v) is 4.88. The van der Waals surface area contributed by atoms with Gasteiger partial charge in [0.25, 0.3) is 0 Å². The molecule has 2 amide bonds. The van der Waals surface area contributed by atoms with Gasteiger partial charge in [-0.15, -0.1) is 11.8 Å². The van der Waals surface area contributed by atoms with Crippen LogP contribution < -0.4 is 10.6 Å². The zero-order valence-corrected chi connectivity index (χ0v) is 16.4. The van der Waals surface area contributed by atoms with Gasteiger partial charge in [0.15, 0.2) is 0 Å². The van der Waals surface area contributed by atoms with Crippen molar-refractivity contribution in [3.05, 3.63) is 53.6 Å². The number of para-hydroxylation sites is 1. The highest BCUT2D eigenvalue weighted by molar-refractivity contribution is 7.98. The number of hydrogen-bond donors (Lipinski definition) is 2. The fraction of sp³-hybridized carbons (Fsp3) is 0.300. The Bertz CT molecular complexity index is 792. The number of likely N-dealkylation sites (N-methyl/N-ethyl adjacent to an activating group) is 1. The van der Waals surface area contributed by atoms with Gasteiger partial charge in [-0.2, -0.15) is 0 Å². The van der Waals surface area contributed by atoms with Crippen molar-refractivity contribution in [1.82, 2.24) is 4.90 Å². The molecule has 2 rings (SSSR count). The molecule has 0 fully saturated rings.